The molecule has 0 saturated heterocycles. The lowest BCUT2D eigenvalue weighted by Gasteiger charge is -2.08. The summed E-state index contributed by atoms with van der Waals surface area (Å²) in [5.41, 5.74) is 6.24. The van der Waals surface area contributed by atoms with Crippen molar-refractivity contribution in [3.8, 4) is 0 Å². The largest absolute Gasteiger partial charge is 0.330 e. The highest BCUT2D eigenvalue weighted by molar-refractivity contribution is 7.84. The fourth-order valence-electron chi connectivity index (χ4n) is 1.26. The molecule has 16 heavy (non-hydrogen) atoms. The first-order valence-electron chi connectivity index (χ1n) is 5.02. The lowest BCUT2D eigenvalue weighted by molar-refractivity contribution is 0.627. The van der Waals surface area contributed by atoms with Crippen molar-refractivity contribution in [2.24, 2.45) is 11.7 Å². The predicted molar refractivity (Wildman–Crippen MR) is 66.3 cm³/mol. The van der Waals surface area contributed by atoms with Crippen LogP contribution in [-0.4, -0.2) is 16.5 Å². The van der Waals surface area contributed by atoms with Crippen molar-refractivity contribution in [2.45, 2.75) is 12.7 Å². The van der Waals surface area contributed by atoms with E-state index in [2.05, 4.69) is 0 Å². The van der Waals surface area contributed by atoms with E-state index in [-0.39, 0.29) is 10.9 Å². The van der Waals surface area contributed by atoms with Gasteiger partial charge in [-0.25, -0.2) is 4.39 Å². The van der Waals surface area contributed by atoms with E-state index >= 15 is 0 Å². The van der Waals surface area contributed by atoms with E-state index in [1.807, 2.05) is 6.92 Å². The van der Waals surface area contributed by atoms with Crippen LogP contribution >= 0.6 is 11.6 Å². The fraction of sp³-hybridized carbons (Fsp3) is 0.455. The Morgan fingerprint density at radius 2 is 2.25 bits per heavy atom. The Labute approximate surface area is 102 Å². The van der Waals surface area contributed by atoms with Gasteiger partial charge in [-0.05, 0) is 30.2 Å². The molecule has 5 heteroatoms. The van der Waals surface area contributed by atoms with E-state index in [1.54, 1.807) is 6.07 Å². The van der Waals surface area contributed by atoms with Crippen molar-refractivity contribution < 1.29 is 8.60 Å². The summed E-state index contributed by atoms with van der Waals surface area (Å²) in [6.45, 7) is 2.48. The van der Waals surface area contributed by atoms with Crippen LogP contribution in [0, 0.1) is 11.7 Å². The zero-order valence-electron chi connectivity index (χ0n) is 9.08. The summed E-state index contributed by atoms with van der Waals surface area (Å²) in [4.78, 5) is 0. The minimum Gasteiger partial charge on any atom is -0.330 e. The second kappa shape index (κ2) is 6.33. The van der Waals surface area contributed by atoms with Gasteiger partial charge >= 0.3 is 0 Å². The highest BCUT2D eigenvalue weighted by Crippen LogP contribution is 2.17. The molecule has 2 N–H and O–H groups in total. The van der Waals surface area contributed by atoms with Crippen LogP contribution < -0.4 is 5.73 Å². The molecule has 0 amide bonds. The van der Waals surface area contributed by atoms with Gasteiger partial charge < -0.3 is 5.73 Å². The Morgan fingerprint density at radius 3 is 2.81 bits per heavy atom. The van der Waals surface area contributed by atoms with Gasteiger partial charge in [0, 0.05) is 22.3 Å². The summed E-state index contributed by atoms with van der Waals surface area (Å²) >= 11 is 5.64. The first-order chi connectivity index (χ1) is 7.52. The summed E-state index contributed by atoms with van der Waals surface area (Å²) in [6, 6.07) is 4.41. The molecular formula is C11H15ClFNOS. The standard InChI is InChI=1S/C11H15ClFNOS/c1-8(5-14)6-16(15)7-9-2-3-11(13)10(12)4-9/h2-4,8H,5-7,14H2,1H3. The molecule has 1 aromatic carbocycles. The monoisotopic (exact) mass is 263 g/mol. The zero-order valence-corrected chi connectivity index (χ0v) is 10.7. The molecule has 2 unspecified atom stereocenters. The van der Waals surface area contributed by atoms with Gasteiger partial charge in [0.1, 0.15) is 5.82 Å². The van der Waals surface area contributed by atoms with Crippen LogP contribution in [0.25, 0.3) is 0 Å². The average molecular weight is 264 g/mol. The van der Waals surface area contributed by atoms with Crippen molar-refractivity contribution in [2.75, 3.05) is 12.3 Å². The molecule has 1 rings (SSSR count). The SMILES string of the molecule is CC(CN)CS(=O)Cc1ccc(F)c(Cl)c1. The van der Waals surface area contributed by atoms with Crippen molar-refractivity contribution in [3.05, 3.63) is 34.6 Å². The zero-order chi connectivity index (χ0) is 12.1. The number of hydrogen-bond donors (Lipinski definition) is 1. The molecule has 0 aromatic heterocycles. The summed E-state index contributed by atoms with van der Waals surface area (Å²) in [5.74, 6) is 0.735. The van der Waals surface area contributed by atoms with Crippen LogP contribution in [0.15, 0.2) is 18.2 Å². The van der Waals surface area contributed by atoms with Crippen molar-refractivity contribution >= 4 is 22.4 Å². The van der Waals surface area contributed by atoms with E-state index in [4.69, 9.17) is 17.3 Å². The molecule has 0 aliphatic rings. The summed E-state index contributed by atoms with van der Waals surface area (Å²) < 4.78 is 24.6. The Kier molecular flexibility index (Phi) is 5.38. The molecule has 0 spiro atoms. The normalized spacial score (nSPS) is 14.8. The minimum atomic E-state index is -0.977. The quantitative estimate of drug-likeness (QED) is 0.886. The van der Waals surface area contributed by atoms with Gasteiger partial charge in [-0.3, -0.25) is 4.21 Å². The number of benzene rings is 1. The Balaban J connectivity index is 2.59. The summed E-state index contributed by atoms with van der Waals surface area (Å²) in [7, 11) is -0.977. The van der Waals surface area contributed by atoms with Gasteiger partial charge in [-0.1, -0.05) is 24.6 Å². The molecule has 0 radical (unpaired) electrons. The van der Waals surface area contributed by atoms with Crippen molar-refractivity contribution in [1.29, 1.82) is 0 Å². The van der Waals surface area contributed by atoms with Crippen LogP contribution in [0.2, 0.25) is 5.02 Å². The molecule has 0 aliphatic heterocycles. The van der Waals surface area contributed by atoms with E-state index in [9.17, 15) is 8.60 Å². The molecule has 0 aliphatic carbocycles. The number of nitrogens with two attached hydrogens (primary N) is 1. The van der Waals surface area contributed by atoms with E-state index in [0.717, 1.165) is 5.56 Å². The average Bonchev–Trinajstić information content (AvgIpc) is 2.23. The topological polar surface area (TPSA) is 43.1 Å². The molecular weight excluding hydrogens is 249 g/mol. The van der Waals surface area contributed by atoms with Gasteiger partial charge in [0.05, 0.1) is 5.02 Å². The third-order valence-corrected chi connectivity index (χ3v) is 4.07. The number of halogens is 2. The van der Waals surface area contributed by atoms with Gasteiger partial charge in [0.25, 0.3) is 0 Å². The Bertz CT molecular complexity index is 386. The van der Waals surface area contributed by atoms with Crippen LogP contribution in [0.4, 0.5) is 4.39 Å². The van der Waals surface area contributed by atoms with Crippen molar-refractivity contribution in [1.82, 2.24) is 0 Å². The summed E-state index contributed by atoms with van der Waals surface area (Å²) in [6.07, 6.45) is 0. The van der Waals surface area contributed by atoms with Crippen molar-refractivity contribution in [3.63, 3.8) is 0 Å². The smallest absolute Gasteiger partial charge is 0.141 e. The molecule has 2 atom stereocenters. The second-order valence-corrected chi connectivity index (χ2v) is 5.75. The van der Waals surface area contributed by atoms with Crippen LogP contribution in [0.1, 0.15) is 12.5 Å². The van der Waals surface area contributed by atoms with E-state index in [0.29, 0.717) is 18.1 Å². The first kappa shape index (κ1) is 13.6. The molecule has 2 nitrogen and oxygen atoms in total. The molecule has 0 bridgehead atoms. The predicted octanol–water partition coefficient (Wildman–Crippen LogP) is 2.32. The van der Waals surface area contributed by atoms with E-state index in [1.165, 1.54) is 12.1 Å². The fourth-order valence-corrected chi connectivity index (χ4v) is 2.90. The van der Waals surface area contributed by atoms with Gasteiger partial charge in [-0.15, -0.1) is 0 Å². The highest BCUT2D eigenvalue weighted by Gasteiger charge is 2.08. The maximum absolute atomic E-state index is 12.9. The molecule has 0 saturated carbocycles. The highest BCUT2D eigenvalue weighted by atomic mass is 35.5. The third-order valence-electron chi connectivity index (χ3n) is 2.18. The molecule has 1 aromatic rings. The molecule has 0 fully saturated rings. The molecule has 90 valence electrons. The van der Waals surface area contributed by atoms with E-state index < -0.39 is 16.6 Å². The lowest BCUT2D eigenvalue weighted by Crippen LogP contribution is -2.18. The van der Waals surface area contributed by atoms with Gasteiger partial charge in [0.2, 0.25) is 0 Å². The van der Waals surface area contributed by atoms with Gasteiger partial charge in [0.15, 0.2) is 0 Å². The summed E-state index contributed by atoms with van der Waals surface area (Å²) in [5, 5.41) is 0.0707. The number of rotatable bonds is 5. The second-order valence-electron chi connectivity index (χ2n) is 3.84. The van der Waals surface area contributed by atoms with Crippen LogP contribution in [-0.2, 0) is 16.6 Å². The Morgan fingerprint density at radius 1 is 1.56 bits per heavy atom. The van der Waals surface area contributed by atoms with Crippen LogP contribution in [0.3, 0.4) is 0 Å². The van der Waals surface area contributed by atoms with Gasteiger partial charge in [-0.2, -0.15) is 0 Å². The Hall–Kier alpha value is -0.450. The van der Waals surface area contributed by atoms with Crippen LogP contribution in [0.5, 0.6) is 0 Å². The maximum atomic E-state index is 12.9. The molecule has 0 heterocycles. The minimum absolute atomic E-state index is 0.0707. The number of hydrogen-bond acceptors (Lipinski definition) is 2. The third kappa shape index (κ3) is 4.20. The maximum Gasteiger partial charge on any atom is 0.141 e. The first-order valence-corrected chi connectivity index (χ1v) is 6.88. The lowest BCUT2D eigenvalue weighted by atomic mass is 10.2.